The van der Waals surface area contributed by atoms with E-state index in [1.54, 1.807) is 14.2 Å². The summed E-state index contributed by atoms with van der Waals surface area (Å²) in [6, 6.07) is 7.60. The highest BCUT2D eigenvalue weighted by molar-refractivity contribution is 5.65. The van der Waals surface area contributed by atoms with E-state index in [0.29, 0.717) is 35.7 Å². The third-order valence-electron chi connectivity index (χ3n) is 5.55. The molecule has 0 unspecified atom stereocenters. The quantitative estimate of drug-likeness (QED) is 0.551. The van der Waals surface area contributed by atoms with Crippen LogP contribution >= 0.6 is 0 Å². The molecule has 0 N–H and O–H groups in total. The topological polar surface area (TPSA) is 89.6 Å². The van der Waals surface area contributed by atoms with E-state index in [1.807, 2.05) is 25.1 Å². The lowest BCUT2D eigenvalue weighted by atomic mass is 10.2. The summed E-state index contributed by atoms with van der Waals surface area (Å²) < 4.78 is 16.2. The Hall–Kier alpha value is -3.20. The maximum Gasteiger partial charge on any atom is 0.241 e. The number of hydrogen-bond acceptors (Lipinski definition) is 9. The van der Waals surface area contributed by atoms with Gasteiger partial charge in [-0.15, -0.1) is 0 Å². The first-order valence-corrected chi connectivity index (χ1v) is 10.8. The Morgan fingerprint density at radius 3 is 2.47 bits per heavy atom. The van der Waals surface area contributed by atoms with Crippen LogP contribution in [-0.2, 0) is 6.54 Å². The molecule has 1 aliphatic rings. The molecule has 0 atom stereocenters. The lowest BCUT2D eigenvalue weighted by Gasteiger charge is -2.34. The number of aromatic nitrogens is 4. The maximum absolute atomic E-state index is 5.52. The Balaban J connectivity index is 1.39. The van der Waals surface area contributed by atoms with E-state index in [0.717, 1.165) is 49.1 Å². The minimum Gasteiger partial charge on any atom is -0.497 e. The van der Waals surface area contributed by atoms with E-state index < -0.39 is 0 Å². The number of benzene rings is 1. The van der Waals surface area contributed by atoms with Crippen molar-refractivity contribution in [1.82, 2.24) is 25.0 Å². The van der Waals surface area contributed by atoms with Crippen LogP contribution in [0.4, 0.5) is 5.82 Å². The Morgan fingerprint density at radius 1 is 1.00 bits per heavy atom. The van der Waals surface area contributed by atoms with Gasteiger partial charge >= 0.3 is 0 Å². The first-order chi connectivity index (χ1) is 15.5. The highest BCUT2D eigenvalue weighted by Crippen LogP contribution is 2.31. The third-order valence-corrected chi connectivity index (χ3v) is 5.55. The second-order valence-electron chi connectivity index (χ2n) is 8.22. The van der Waals surface area contributed by atoms with Crippen LogP contribution in [0.3, 0.4) is 0 Å². The Morgan fingerprint density at radius 2 is 1.78 bits per heavy atom. The van der Waals surface area contributed by atoms with Gasteiger partial charge in [-0.1, -0.05) is 19.0 Å². The normalized spacial score (nSPS) is 14.8. The molecule has 1 aromatic carbocycles. The lowest BCUT2D eigenvalue weighted by molar-refractivity contribution is 0.215. The molecular formula is C23H30N6O3. The summed E-state index contributed by atoms with van der Waals surface area (Å²) in [7, 11) is 3.23. The lowest BCUT2D eigenvalue weighted by Crippen LogP contribution is -2.46. The predicted molar refractivity (Wildman–Crippen MR) is 121 cm³/mol. The molecule has 9 heteroatoms. The van der Waals surface area contributed by atoms with Crippen LogP contribution in [0.25, 0.3) is 11.4 Å². The van der Waals surface area contributed by atoms with Gasteiger partial charge in [-0.05, 0) is 19.1 Å². The van der Waals surface area contributed by atoms with Gasteiger partial charge in [-0.25, -0.2) is 9.97 Å². The van der Waals surface area contributed by atoms with Crippen molar-refractivity contribution in [1.29, 1.82) is 0 Å². The van der Waals surface area contributed by atoms with E-state index in [-0.39, 0.29) is 0 Å². The van der Waals surface area contributed by atoms with Crippen LogP contribution in [0.5, 0.6) is 11.5 Å². The van der Waals surface area contributed by atoms with Crippen molar-refractivity contribution >= 4 is 5.82 Å². The Kier molecular flexibility index (Phi) is 6.55. The van der Waals surface area contributed by atoms with Gasteiger partial charge in [0.1, 0.15) is 23.1 Å². The molecule has 0 bridgehead atoms. The molecule has 0 saturated carbocycles. The molecule has 1 fully saturated rings. The van der Waals surface area contributed by atoms with Crippen LogP contribution in [-0.4, -0.2) is 65.4 Å². The molecule has 0 aliphatic carbocycles. The molecule has 1 saturated heterocycles. The summed E-state index contributed by atoms with van der Waals surface area (Å²) >= 11 is 0. The van der Waals surface area contributed by atoms with Crippen molar-refractivity contribution in [2.45, 2.75) is 33.2 Å². The van der Waals surface area contributed by atoms with E-state index in [2.05, 4.69) is 44.8 Å². The first-order valence-electron chi connectivity index (χ1n) is 10.8. The van der Waals surface area contributed by atoms with Gasteiger partial charge in [-0.2, -0.15) is 4.98 Å². The first kappa shape index (κ1) is 22.0. The van der Waals surface area contributed by atoms with Crippen LogP contribution in [0.1, 0.15) is 37.2 Å². The van der Waals surface area contributed by atoms with Crippen molar-refractivity contribution in [3.8, 4) is 22.9 Å². The molecular weight excluding hydrogens is 408 g/mol. The number of aryl methyl sites for hydroxylation is 1. The zero-order valence-corrected chi connectivity index (χ0v) is 19.3. The van der Waals surface area contributed by atoms with Crippen molar-refractivity contribution < 1.29 is 14.0 Å². The molecule has 32 heavy (non-hydrogen) atoms. The van der Waals surface area contributed by atoms with E-state index in [4.69, 9.17) is 19.0 Å². The van der Waals surface area contributed by atoms with Crippen molar-refractivity contribution in [2.75, 3.05) is 45.3 Å². The number of rotatable bonds is 7. The SMILES string of the molecule is COc1ccc(-c2noc(CN3CCN(c4cc(C)nc(C(C)C)n4)CC3)n2)c(OC)c1. The summed E-state index contributed by atoms with van der Waals surface area (Å²) in [5, 5.41) is 4.15. The minimum absolute atomic E-state index is 0.311. The summed E-state index contributed by atoms with van der Waals surface area (Å²) in [5.74, 6) is 4.67. The number of anilines is 1. The molecule has 3 aromatic rings. The highest BCUT2D eigenvalue weighted by Gasteiger charge is 2.22. The van der Waals surface area contributed by atoms with Crippen molar-refractivity contribution in [3.05, 3.63) is 41.7 Å². The average Bonchev–Trinajstić information content (AvgIpc) is 3.26. The summed E-state index contributed by atoms with van der Waals surface area (Å²) in [6.45, 7) is 10.4. The zero-order chi connectivity index (χ0) is 22.7. The predicted octanol–water partition coefficient (Wildman–Crippen LogP) is 3.30. The second kappa shape index (κ2) is 9.52. The summed E-state index contributed by atoms with van der Waals surface area (Å²) in [5.41, 5.74) is 1.78. The molecule has 1 aliphatic heterocycles. The number of methoxy groups -OCH3 is 2. The van der Waals surface area contributed by atoms with Crippen molar-refractivity contribution in [2.24, 2.45) is 0 Å². The number of hydrogen-bond donors (Lipinski definition) is 0. The number of nitrogens with zero attached hydrogens (tertiary/aromatic N) is 6. The molecule has 3 heterocycles. The number of piperazine rings is 1. The smallest absolute Gasteiger partial charge is 0.241 e. The van der Waals surface area contributed by atoms with Crippen LogP contribution in [0.2, 0.25) is 0 Å². The fourth-order valence-electron chi connectivity index (χ4n) is 3.73. The van der Waals surface area contributed by atoms with Gasteiger partial charge in [0.2, 0.25) is 11.7 Å². The molecule has 0 amide bonds. The second-order valence-corrected chi connectivity index (χ2v) is 8.22. The van der Waals surface area contributed by atoms with Crippen LogP contribution in [0.15, 0.2) is 28.8 Å². The van der Waals surface area contributed by atoms with E-state index in [9.17, 15) is 0 Å². The van der Waals surface area contributed by atoms with Crippen LogP contribution < -0.4 is 14.4 Å². The molecule has 2 aromatic heterocycles. The number of ether oxygens (including phenoxy) is 2. The molecule has 0 radical (unpaired) electrons. The summed E-state index contributed by atoms with van der Waals surface area (Å²) in [4.78, 5) is 18.5. The fourth-order valence-corrected chi connectivity index (χ4v) is 3.73. The van der Waals surface area contributed by atoms with Gasteiger partial charge in [0, 0.05) is 49.9 Å². The van der Waals surface area contributed by atoms with Gasteiger partial charge in [0.15, 0.2) is 0 Å². The van der Waals surface area contributed by atoms with Gasteiger partial charge in [0.25, 0.3) is 0 Å². The molecule has 4 rings (SSSR count). The van der Waals surface area contributed by atoms with Gasteiger partial charge in [0.05, 0.1) is 26.3 Å². The molecule has 9 nitrogen and oxygen atoms in total. The zero-order valence-electron chi connectivity index (χ0n) is 19.3. The van der Waals surface area contributed by atoms with Crippen LogP contribution in [0, 0.1) is 6.92 Å². The standard InChI is InChI=1S/C23H30N6O3/c1-15(2)22-24-16(3)12-20(25-22)29-10-8-28(9-11-29)14-21-26-23(27-32-21)18-7-6-17(30-4)13-19(18)31-5/h6-7,12-13,15H,8-11,14H2,1-5H3. The third kappa shape index (κ3) is 4.83. The average molecular weight is 439 g/mol. The highest BCUT2D eigenvalue weighted by atomic mass is 16.5. The molecule has 0 spiro atoms. The summed E-state index contributed by atoms with van der Waals surface area (Å²) in [6.07, 6.45) is 0. The maximum atomic E-state index is 5.52. The molecule has 170 valence electrons. The van der Waals surface area contributed by atoms with Gasteiger partial charge < -0.3 is 18.9 Å². The van der Waals surface area contributed by atoms with E-state index in [1.165, 1.54) is 0 Å². The van der Waals surface area contributed by atoms with Crippen molar-refractivity contribution in [3.63, 3.8) is 0 Å². The Bertz CT molecular complexity index is 1060. The van der Waals surface area contributed by atoms with Gasteiger partial charge in [-0.3, -0.25) is 4.90 Å². The fraction of sp³-hybridized carbons (Fsp3) is 0.478. The largest absolute Gasteiger partial charge is 0.497 e. The Labute approximate surface area is 188 Å². The minimum atomic E-state index is 0.311. The van der Waals surface area contributed by atoms with E-state index >= 15 is 0 Å². The monoisotopic (exact) mass is 438 g/mol.